The van der Waals surface area contributed by atoms with Crippen LogP contribution in [0.5, 0.6) is 0 Å². The van der Waals surface area contributed by atoms with Gasteiger partial charge in [0, 0.05) is 11.3 Å². The van der Waals surface area contributed by atoms with Crippen LogP contribution in [0.2, 0.25) is 0 Å². The van der Waals surface area contributed by atoms with Gasteiger partial charge in [-0.2, -0.15) is 0 Å². The van der Waals surface area contributed by atoms with Gasteiger partial charge in [0.1, 0.15) is 0 Å². The molecule has 5 heteroatoms. The summed E-state index contributed by atoms with van der Waals surface area (Å²) >= 11 is 1.73. The Labute approximate surface area is 79.4 Å². The van der Waals surface area contributed by atoms with Gasteiger partial charge in [-0.25, -0.2) is 0 Å². The van der Waals surface area contributed by atoms with E-state index in [2.05, 4.69) is 21.6 Å². The Morgan fingerprint density at radius 1 is 1.38 bits per heavy atom. The Hall–Kier alpha value is -1.36. The van der Waals surface area contributed by atoms with Crippen molar-refractivity contribution in [1.82, 2.24) is 10.2 Å². The van der Waals surface area contributed by atoms with Crippen molar-refractivity contribution < 1.29 is 4.42 Å². The molecule has 0 aromatic carbocycles. The van der Waals surface area contributed by atoms with Crippen LogP contribution in [0.15, 0.2) is 21.9 Å². The summed E-state index contributed by atoms with van der Waals surface area (Å²) in [6, 6.07) is 4.26. The molecule has 0 fully saturated rings. The SMILES string of the molecule is Nc1nnc(CCc2cccs2)o1. The van der Waals surface area contributed by atoms with Gasteiger partial charge in [-0.15, -0.1) is 16.4 Å². The monoisotopic (exact) mass is 195 g/mol. The second-order valence-corrected chi connectivity index (χ2v) is 3.65. The number of nitrogens with zero attached hydrogens (tertiary/aromatic N) is 2. The van der Waals surface area contributed by atoms with Crippen LogP contribution in [0, 0.1) is 0 Å². The van der Waals surface area contributed by atoms with E-state index in [1.165, 1.54) is 4.88 Å². The minimum atomic E-state index is 0.140. The fourth-order valence-corrected chi connectivity index (χ4v) is 1.76. The average molecular weight is 195 g/mol. The topological polar surface area (TPSA) is 64.9 Å². The summed E-state index contributed by atoms with van der Waals surface area (Å²) < 4.78 is 5.04. The first kappa shape index (κ1) is 8.25. The van der Waals surface area contributed by atoms with Gasteiger partial charge in [0.25, 0.3) is 0 Å². The molecule has 0 amide bonds. The number of anilines is 1. The second-order valence-electron chi connectivity index (χ2n) is 2.61. The van der Waals surface area contributed by atoms with Gasteiger partial charge in [-0.3, -0.25) is 0 Å². The van der Waals surface area contributed by atoms with Crippen molar-refractivity contribution >= 4 is 17.4 Å². The summed E-state index contributed by atoms with van der Waals surface area (Å²) in [6.07, 6.45) is 1.68. The molecular weight excluding hydrogens is 186 g/mol. The molecule has 13 heavy (non-hydrogen) atoms. The maximum absolute atomic E-state index is 5.29. The highest BCUT2D eigenvalue weighted by Crippen LogP contribution is 2.12. The van der Waals surface area contributed by atoms with Crippen molar-refractivity contribution in [3.05, 3.63) is 28.3 Å². The van der Waals surface area contributed by atoms with E-state index in [4.69, 9.17) is 10.2 Å². The second kappa shape index (κ2) is 3.57. The molecule has 2 rings (SSSR count). The summed E-state index contributed by atoms with van der Waals surface area (Å²) in [6.45, 7) is 0. The molecular formula is C8H9N3OS. The van der Waals surface area contributed by atoms with Gasteiger partial charge in [-0.05, 0) is 17.9 Å². The van der Waals surface area contributed by atoms with Crippen LogP contribution in [0.1, 0.15) is 10.8 Å². The molecule has 0 saturated heterocycles. The Bertz CT molecular complexity index is 368. The Kier molecular flexibility index (Phi) is 2.27. The predicted molar refractivity (Wildman–Crippen MR) is 50.4 cm³/mol. The van der Waals surface area contributed by atoms with Crippen LogP contribution in [0.3, 0.4) is 0 Å². The lowest BCUT2D eigenvalue weighted by Gasteiger charge is -1.91. The van der Waals surface area contributed by atoms with Gasteiger partial charge >= 0.3 is 6.01 Å². The molecule has 2 N–H and O–H groups in total. The molecule has 0 aliphatic rings. The standard InChI is InChI=1S/C8H9N3OS/c9-8-11-10-7(12-8)4-3-6-2-1-5-13-6/h1-2,5H,3-4H2,(H2,9,11). The number of hydrogen-bond acceptors (Lipinski definition) is 5. The minimum absolute atomic E-state index is 0.140. The summed E-state index contributed by atoms with van der Waals surface area (Å²) in [7, 11) is 0. The van der Waals surface area contributed by atoms with Crippen LogP contribution in [-0.2, 0) is 12.8 Å². The number of hydrogen-bond donors (Lipinski definition) is 1. The molecule has 2 aromatic rings. The molecule has 0 atom stereocenters. The van der Waals surface area contributed by atoms with Gasteiger partial charge in [0.05, 0.1) is 0 Å². The fourth-order valence-electron chi connectivity index (χ4n) is 1.05. The lowest BCUT2D eigenvalue weighted by molar-refractivity contribution is 0.509. The molecule has 2 aromatic heterocycles. The largest absolute Gasteiger partial charge is 0.408 e. The van der Waals surface area contributed by atoms with Crippen LogP contribution in [0.4, 0.5) is 6.01 Å². The maximum Gasteiger partial charge on any atom is 0.312 e. The Morgan fingerprint density at radius 2 is 2.31 bits per heavy atom. The number of aromatic nitrogens is 2. The van der Waals surface area contributed by atoms with E-state index >= 15 is 0 Å². The number of rotatable bonds is 3. The van der Waals surface area contributed by atoms with Gasteiger partial charge < -0.3 is 10.2 Å². The van der Waals surface area contributed by atoms with Crippen LogP contribution >= 0.6 is 11.3 Å². The summed E-state index contributed by atoms with van der Waals surface area (Å²) in [4.78, 5) is 1.32. The van der Waals surface area contributed by atoms with Gasteiger partial charge in [0.15, 0.2) is 0 Å². The predicted octanol–water partition coefficient (Wildman–Crippen LogP) is 1.50. The highest BCUT2D eigenvalue weighted by atomic mass is 32.1. The molecule has 2 heterocycles. The van der Waals surface area contributed by atoms with E-state index in [0.29, 0.717) is 5.89 Å². The normalized spacial score (nSPS) is 10.5. The molecule has 0 radical (unpaired) electrons. The minimum Gasteiger partial charge on any atom is -0.408 e. The van der Waals surface area contributed by atoms with Crippen molar-refractivity contribution in [2.24, 2.45) is 0 Å². The van der Waals surface area contributed by atoms with Crippen LogP contribution < -0.4 is 5.73 Å². The number of thiophene rings is 1. The van der Waals surface area contributed by atoms with Gasteiger partial charge in [-0.1, -0.05) is 11.2 Å². The molecule has 4 nitrogen and oxygen atoms in total. The number of nitrogen functional groups attached to an aromatic ring is 1. The number of nitrogens with two attached hydrogens (primary N) is 1. The fraction of sp³-hybridized carbons (Fsp3) is 0.250. The van der Waals surface area contributed by atoms with Crippen molar-refractivity contribution in [2.45, 2.75) is 12.8 Å². The molecule has 0 bridgehead atoms. The first-order valence-corrected chi connectivity index (χ1v) is 4.83. The molecule has 0 unspecified atom stereocenters. The zero-order valence-electron chi connectivity index (χ0n) is 6.93. The zero-order chi connectivity index (χ0) is 9.10. The third-order valence-electron chi connectivity index (χ3n) is 1.65. The van der Waals surface area contributed by atoms with E-state index < -0.39 is 0 Å². The lowest BCUT2D eigenvalue weighted by atomic mass is 10.3. The van der Waals surface area contributed by atoms with Crippen LogP contribution in [0.25, 0.3) is 0 Å². The van der Waals surface area contributed by atoms with Crippen molar-refractivity contribution in [3.8, 4) is 0 Å². The van der Waals surface area contributed by atoms with Crippen LogP contribution in [-0.4, -0.2) is 10.2 Å². The van der Waals surface area contributed by atoms with Crippen molar-refractivity contribution in [2.75, 3.05) is 5.73 Å². The van der Waals surface area contributed by atoms with E-state index in [1.54, 1.807) is 11.3 Å². The first-order valence-electron chi connectivity index (χ1n) is 3.95. The van der Waals surface area contributed by atoms with E-state index in [-0.39, 0.29) is 6.01 Å². The first-order chi connectivity index (χ1) is 6.34. The highest BCUT2D eigenvalue weighted by Gasteiger charge is 2.03. The van der Waals surface area contributed by atoms with Crippen molar-refractivity contribution in [1.29, 1.82) is 0 Å². The van der Waals surface area contributed by atoms with E-state index in [9.17, 15) is 0 Å². The lowest BCUT2D eigenvalue weighted by Crippen LogP contribution is -1.88. The summed E-state index contributed by atoms with van der Waals surface area (Å²) in [5.74, 6) is 0.603. The highest BCUT2D eigenvalue weighted by molar-refractivity contribution is 7.09. The quantitative estimate of drug-likeness (QED) is 0.806. The molecule has 0 spiro atoms. The molecule has 0 aliphatic carbocycles. The van der Waals surface area contributed by atoms with E-state index in [1.807, 2.05) is 6.07 Å². The molecule has 68 valence electrons. The third-order valence-corrected chi connectivity index (χ3v) is 2.58. The molecule has 0 saturated carbocycles. The van der Waals surface area contributed by atoms with Gasteiger partial charge in [0.2, 0.25) is 5.89 Å². The van der Waals surface area contributed by atoms with E-state index in [0.717, 1.165) is 12.8 Å². The Morgan fingerprint density at radius 3 is 2.92 bits per heavy atom. The van der Waals surface area contributed by atoms with Crippen molar-refractivity contribution in [3.63, 3.8) is 0 Å². The average Bonchev–Trinajstić information content (AvgIpc) is 2.71. The third kappa shape index (κ3) is 2.06. The Balaban J connectivity index is 1.93. The molecule has 0 aliphatic heterocycles. The zero-order valence-corrected chi connectivity index (χ0v) is 7.75. The summed E-state index contributed by atoms with van der Waals surface area (Å²) in [5.41, 5.74) is 5.29. The maximum atomic E-state index is 5.29. The number of aryl methyl sites for hydroxylation is 2. The smallest absolute Gasteiger partial charge is 0.312 e. The summed E-state index contributed by atoms with van der Waals surface area (Å²) in [5, 5.41) is 9.41.